The summed E-state index contributed by atoms with van der Waals surface area (Å²) >= 11 is 5.90. The van der Waals surface area contributed by atoms with E-state index in [9.17, 15) is 9.18 Å². The SMILES string of the molecule is O=C1CC(c2noc(-c3cccc(F)c3)n2)CN1CCc1ccc(Cl)cc1. The Morgan fingerprint density at radius 1 is 1.22 bits per heavy atom. The average molecular weight is 386 g/mol. The van der Waals surface area contributed by atoms with Gasteiger partial charge in [0.1, 0.15) is 5.82 Å². The largest absolute Gasteiger partial charge is 0.342 e. The van der Waals surface area contributed by atoms with Crippen LogP contribution in [0.3, 0.4) is 0 Å². The summed E-state index contributed by atoms with van der Waals surface area (Å²) in [4.78, 5) is 18.5. The second-order valence-electron chi connectivity index (χ2n) is 6.59. The molecular formula is C20H17ClFN3O2. The summed E-state index contributed by atoms with van der Waals surface area (Å²) < 4.78 is 18.6. The maximum Gasteiger partial charge on any atom is 0.258 e. The van der Waals surface area contributed by atoms with Gasteiger partial charge in [0.2, 0.25) is 5.91 Å². The number of carbonyl (C=O) groups is 1. The first-order valence-corrected chi connectivity index (χ1v) is 9.08. The van der Waals surface area contributed by atoms with E-state index in [1.54, 1.807) is 12.1 Å². The minimum absolute atomic E-state index is 0.0751. The van der Waals surface area contributed by atoms with E-state index in [1.807, 2.05) is 29.2 Å². The predicted octanol–water partition coefficient (Wildman–Crippen LogP) is 4.09. The Morgan fingerprint density at radius 3 is 2.81 bits per heavy atom. The maximum atomic E-state index is 13.4. The van der Waals surface area contributed by atoms with Gasteiger partial charge in [0, 0.05) is 36.0 Å². The van der Waals surface area contributed by atoms with Crippen LogP contribution >= 0.6 is 11.6 Å². The molecule has 2 heterocycles. The Morgan fingerprint density at radius 2 is 2.04 bits per heavy atom. The lowest BCUT2D eigenvalue weighted by molar-refractivity contribution is -0.127. The first-order valence-electron chi connectivity index (χ1n) is 8.70. The summed E-state index contributed by atoms with van der Waals surface area (Å²) in [5.41, 5.74) is 1.65. The lowest BCUT2D eigenvalue weighted by Crippen LogP contribution is -2.27. The van der Waals surface area contributed by atoms with E-state index in [4.69, 9.17) is 16.1 Å². The molecule has 0 saturated carbocycles. The molecule has 1 aromatic heterocycles. The highest BCUT2D eigenvalue weighted by molar-refractivity contribution is 6.30. The highest BCUT2D eigenvalue weighted by atomic mass is 35.5. The molecule has 1 aliphatic rings. The van der Waals surface area contributed by atoms with Gasteiger partial charge in [0.05, 0.1) is 0 Å². The van der Waals surface area contributed by atoms with Crippen LogP contribution in [-0.4, -0.2) is 34.0 Å². The summed E-state index contributed by atoms with van der Waals surface area (Å²) in [6.45, 7) is 1.18. The molecule has 1 saturated heterocycles. The number of benzene rings is 2. The lowest BCUT2D eigenvalue weighted by Gasteiger charge is -2.15. The molecule has 0 N–H and O–H groups in total. The second kappa shape index (κ2) is 7.48. The van der Waals surface area contributed by atoms with Gasteiger partial charge in [-0.05, 0) is 42.3 Å². The number of amides is 1. The number of nitrogens with zero attached hydrogens (tertiary/aromatic N) is 3. The van der Waals surface area contributed by atoms with Crippen molar-refractivity contribution in [2.75, 3.05) is 13.1 Å². The summed E-state index contributed by atoms with van der Waals surface area (Å²) in [5.74, 6) is 0.338. The van der Waals surface area contributed by atoms with Crippen molar-refractivity contribution in [1.29, 1.82) is 0 Å². The zero-order valence-corrected chi connectivity index (χ0v) is 15.2. The van der Waals surface area contributed by atoms with Crippen LogP contribution in [0.25, 0.3) is 11.5 Å². The Labute approximate surface area is 160 Å². The van der Waals surface area contributed by atoms with Crippen LogP contribution in [0.4, 0.5) is 4.39 Å². The third kappa shape index (κ3) is 4.01. The molecule has 0 radical (unpaired) electrons. The van der Waals surface area contributed by atoms with Gasteiger partial charge < -0.3 is 9.42 Å². The van der Waals surface area contributed by atoms with E-state index in [2.05, 4.69) is 10.1 Å². The number of halogens is 2. The molecule has 0 bridgehead atoms. The van der Waals surface area contributed by atoms with Crippen LogP contribution in [0.15, 0.2) is 53.1 Å². The minimum Gasteiger partial charge on any atom is -0.342 e. The van der Waals surface area contributed by atoms with Gasteiger partial charge in [0.25, 0.3) is 5.89 Å². The molecule has 2 aromatic carbocycles. The first-order chi connectivity index (χ1) is 13.1. The second-order valence-corrected chi connectivity index (χ2v) is 7.02. The van der Waals surface area contributed by atoms with E-state index in [-0.39, 0.29) is 23.5 Å². The number of aromatic nitrogens is 2. The Kier molecular flexibility index (Phi) is 4.90. The fourth-order valence-electron chi connectivity index (χ4n) is 3.22. The molecule has 1 unspecified atom stereocenters. The quantitative estimate of drug-likeness (QED) is 0.663. The highest BCUT2D eigenvalue weighted by Gasteiger charge is 2.33. The van der Waals surface area contributed by atoms with E-state index < -0.39 is 0 Å². The number of carbonyl (C=O) groups excluding carboxylic acids is 1. The summed E-state index contributed by atoms with van der Waals surface area (Å²) in [6.07, 6.45) is 1.11. The molecular weight excluding hydrogens is 369 g/mol. The molecule has 138 valence electrons. The molecule has 1 atom stereocenters. The van der Waals surface area contributed by atoms with E-state index in [0.29, 0.717) is 35.9 Å². The number of rotatable bonds is 5. The van der Waals surface area contributed by atoms with Crippen LogP contribution in [0, 0.1) is 5.82 Å². The van der Waals surface area contributed by atoms with Crippen molar-refractivity contribution < 1.29 is 13.7 Å². The molecule has 1 amide bonds. The van der Waals surface area contributed by atoms with Crippen LogP contribution < -0.4 is 0 Å². The van der Waals surface area contributed by atoms with Gasteiger partial charge >= 0.3 is 0 Å². The van der Waals surface area contributed by atoms with Gasteiger partial charge in [-0.1, -0.05) is 35.0 Å². The van der Waals surface area contributed by atoms with Crippen molar-refractivity contribution in [3.63, 3.8) is 0 Å². The van der Waals surface area contributed by atoms with E-state index >= 15 is 0 Å². The smallest absolute Gasteiger partial charge is 0.258 e. The maximum absolute atomic E-state index is 13.4. The van der Waals surface area contributed by atoms with E-state index in [0.717, 1.165) is 12.0 Å². The number of hydrogen-bond donors (Lipinski definition) is 0. The molecule has 7 heteroatoms. The standard InChI is InChI=1S/C20H17ClFN3O2/c21-16-6-4-13(5-7-16)8-9-25-12-15(11-18(25)26)19-23-20(27-24-19)14-2-1-3-17(22)10-14/h1-7,10,15H,8-9,11-12H2. The van der Waals surface area contributed by atoms with Crippen molar-refractivity contribution in [2.45, 2.75) is 18.8 Å². The fourth-order valence-corrected chi connectivity index (χ4v) is 3.34. The molecule has 4 rings (SSSR count). The van der Waals surface area contributed by atoms with Crippen molar-refractivity contribution in [1.82, 2.24) is 15.0 Å². The highest BCUT2D eigenvalue weighted by Crippen LogP contribution is 2.28. The third-order valence-corrected chi connectivity index (χ3v) is 4.93. The molecule has 1 aliphatic heterocycles. The Balaban J connectivity index is 1.41. The zero-order valence-electron chi connectivity index (χ0n) is 14.4. The van der Waals surface area contributed by atoms with Crippen LogP contribution in [0.1, 0.15) is 23.7 Å². The predicted molar refractivity (Wildman–Crippen MR) is 98.8 cm³/mol. The number of hydrogen-bond acceptors (Lipinski definition) is 4. The Hall–Kier alpha value is -2.73. The van der Waals surface area contributed by atoms with Crippen LogP contribution in [0.5, 0.6) is 0 Å². The zero-order chi connectivity index (χ0) is 18.8. The monoisotopic (exact) mass is 385 g/mol. The first kappa shape index (κ1) is 17.7. The fraction of sp³-hybridized carbons (Fsp3) is 0.250. The van der Waals surface area contributed by atoms with Crippen molar-refractivity contribution in [2.24, 2.45) is 0 Å². The molecule has 0 spiro atoms. The van der Waals surface area contributed by atoms with Gasteiger partial charge in [-0.3, -0.25) is 4.79 Å². The van der Waals surface area contributed by atoms with Crippen molar-refractivity contribution in [3.8, 4) is 11.5 Å². The third-order valence-electron chi connectivity index (χ3n) is 4.68. The molecule has 5 nitrogen and oxygen atoms in total. The molecule has 0 aliphatic carbocycles. The molecule has 1 fully saturated rings. The van der Waals surface area contributed by atoms with Crippen LogP contribution in [0.2, 0.25) is 5.02 Å². The number of likely N-dealkylation sites (tertiary alicyclic amines) is 1. The Bertz CT molecular complexity index is 958. The summed E-state index contributed by atoms with van der Waals surface area (Å²) in [5, 5.41) is 4.70. The van der Waals surface area contributed by atoms with Crippen molar-refractivity contribution >= 4 is 17.5 Å². The molecule has 27 heavy (non-hydrogen) atoms. The van der Waals surface area contributed by atoms with E-state index in [1.165, 1.54) is 12.1 Å². The normalized spacial score (nSPS) is 16.9. The summed E-state index contributed by atoms with van der Waals surface area (Å²) in [7, 11) is 0. The summed E-state index contributed by atoms with van der Waals surface area (Å²) in [6, 6.07) is 13.6. The lowest BCUT2D eigenvalue weighted by atomic mass is 10.1. The van der Waals surface area contributed by atoms with Gasteiger partial charge in [-0.25, -0.2) is 4.39 Å². The average Bonchev–Trinajstić information content (AvgIpc) is 3.28. The van der Waals surface area contributed by atoms with Crippen molar-refractivity contribution in [3.05, 3.63) is 70.8 Å². The van der Waals surface area contributed by atoms with Crippen LogP contribution in [-0.2, 0) is 11.2 Å². The molecule has 3 aromatic rings. The van der Waals surface area contributed by atoms with Gasteiger partial charge in [-0.2, -0.15) is 4.98 Å². The minimum atomic E-state index is -0.364. The van der Waals surface area contributed by atoms with Gasteiger partial charge in [-0.15, -0.1) is 0 Å². The topological polar surface area (TPSA) is 59.2 Å². The van der Waals surface area contributed by atoms with Gasteiger partial charge in [0.15, 0.2) is 5.82 Å².